The molecular weight excluding hydrogens is 336 g/mol. The second-order valence-corrected chi connectivity index (χ2v) is 7.89. The van der Waals surface area contributed by atoms with Crippen molar-refractivity contribution in [1.82, 2.24) is 0 Å². The van der Waals surface area contributed by atoms with E-state index in [4.69, 9.17) is 0 Å². The maximum atomic E-state index is 2.32. The van der Waals surface area contributed by atoms with Gasteiger partial charge in [0.05, 0.1) is 0 Å². The minimum absolute atomic E-state index is 0.537. The van der Waals surface area contributed by atoms with E-state index in [1.54, 1.807) is 0 Å². The Morgan fingerprint density at radius 3 is 1.57 bits per heavy atom. The van der Waals surface area contributed by atoms with Gasteiger partial charge in [0, 0.05) is 5.92 Å². The molecule has 1 atom stereocenters. The van der Waals surface area contributed by atoms with E-state index < -0.39 is 0 Å². The van der Waals surface area contributed by atoms with Gasteiger partial charge in [0.1, 0.15) is 0 Å². The molecule has 0 aliphatic rings. The predicted molar refractivity (Wildman–Crippen MR) is 124 cm³/mol. The Balaban J connectivity index is 0.000000237. The first kappa shape index (κ1) is 22.0. The van der Waals surface area contributed by atoms with E-state index in [2.05, 4.69) is 113 Å². The first-order valence-electron chi connectivity index (χ1n) is 10.7. The summed E-state index contributed by atoms with van der Waals surface area (Å²) in [5, 5.41) is 0. The summed E-state index contributed by atoms with van der Waals surface area (Å²) >= 11 is 0. The van der Waals surface area contributed by atoms with Crippen LogP contribution in [0.3, 0.4) is 0 Å². The van der Waals surface area contributed by atoms with Crippen LogP contribution in [0.25, 0.3) is 0 Å². The number of aryl methyl sites for hydroxylation is 2. The highest BCUT2D eigenvalue weighted by Gasteiger charge is 2.13. The fraction of sp³-hybridized carbons (Fsp3) is 0.357. The third kappa shape index (κ3) is 6.68. The first-order chi connectivity index (χ1) is 13.5. The van der Waals surface area contributed by atoms with Gasteiger partial charge in [0.15, 0.2) is 0 Å². The Bertz CT molecular complexity index is 771. The molecule has 0 bridgehead atoms. The van der Waals surface area contributed by atoms with Crippen LogP contribution in [0.2, 0.25) is 0 Å². The molecule has 0 amide bonds. The van der Waals surface area contributed by atoms with Crippen LogP contribution < -0.4 is 0 Å². The molecular formula is C28H36. The van der Waals surface area contributed by atoms with Gasteiger partial charge in [-0.15, -0.1) is 0 Å². The van der Waals surface area contributed by atoms with Gasteiger partial charge in [0.2, 0.25) is 0 Å². The second-order valence-electron chi connectivity index (χ2n) is 7.89. The highest BCUT2D eigenvalue weighted by atomic mass is 14.2. The minimum Gasteiger partial charge on any atom is -0.0653 e. The third-order valence-corrected chi connectivity index (χ3v) is 5.45. The van der Waals surface area contributed by atoms with E-state index >= 15 is 0 Å². The molecule has 0 fully saturated rings. The van der Waals surface area contributed by atoms with Gasteiger partial charge in [-0.05, 0) is 49.3 Å². The molecule has 0 spiro atoms. The molecule has 0 nitrogen and oxygen atoms in total. The van der Waals surface area contributed by atoms with E-state index in [0.717, 1.165) is 0 Å². The highest BCUT2D eigenvalue weighted by molar-refractivity contribution is 5.36. The molecule has 0 radical (unpaired) electrons. The van der Waals surface area contributed by atoms with Crippen LogP contribution in [-0.4, -0.2) is 0 Å². The van der Waals surface area contributed by atoms with Crippen LogP contribution in [0.1, 0.15) is 79.7 Å². The maximum Gasteiger partial charge on any atom is 0.00894 e. The van der Waals surface area contributed by atoms with Gasteiger partial charge >= 0.3 is 0 Å². The van der Waals surface area contributed by atoms with Gasteiger partial charge < -0.3 is 0 Å². The molecule has 3 rings (SSSR count). The summed E-state index contributed by atoms with van der Waals surface area (Å²) in [6.45, 7) is 11.1. The lowest BCUT2D eigenvalue weighted by molar-refractivity contribution is 0.697. The second kappa shape index (κ2) is 11.5. The van der Waals surface area contributed by atoms with Crippen molar-refractivity contribution >= 4 is 0 Å². The fourth-order valence-corrected chi connectivity index (χ4v) is 3.61. The molecule has 1 unspecified atom stereocenters. The van der Waals surface area contributed by atoms with Crippen molar-refractivity contribution < 1.29 is 0 Å². The molecule has 0 saturated carbocycles. The van der Waals surface area contributed by atoms with Crippen LogP contribution in [0.4, 0.5) is 0 Å². The Morgan fingerprint density at radius 2 is 1.14 bits per heavy atom. The summed E-state index contributed by atoms with van der Waals surface area (Å²) in [5.74, 6) is 1.25. The SMILES string of the molecule is CCC(C)c1ccccc1.CCCC(c1cccc(C)c1)c1cccc(C)c1. The summed E-state index contributed by atoms with van der Waals surface area (Å²) < 4.78 is 0. The summed E-state index contributed by atoms with van der Waals surface area (Å²) in [6.07, 6.45) is 3.66. The topological polar surface area (TPSA) is 0 Å². The Labute approximate surface area is 172 Å². The van der Waals surface area contributed by atoms with Crippen molar-refractivity contribution in [1.29, 1.82) is 0 Å². The smallest absolute Gasteiger partial charge is 0.00894 e. The molecule has 28 heavy (non-hydrogen) atoms. The van der Waals surface area contributed by atoms with E-state index in [1.807, 2.05) is 0 Å². The van der Waals surface area contributed by atoms with Gasteiger partial charge in [0.25, 0.3) is 0 Å². The van der Waals surface area contributed by atoms with Crippen molar-refractivity contribution in [2.24, 2.45) is 0 Å². The van der Waals surface area contributed by atoms with Crippen LogP contribution in [0, 0.1) is 13.8 Å². The summed E-state index contributed by atoms with van der Waals surface area (Å²) in [4.78, 5) is 0. The average Bonchev–Trinajstić information content (AvgIpc) is 2.72. The van der Waals surface area contributed by atoms with E-state index in [-0.39, 0.29) is 0 Å². The maximum absolute atomic E-state index is 2.32. The lowest BCUT2D eigenvalue weighted by Crippen LogP contribution is -2.01. The number of benzene rings is 3. The van der Waals surface area contributed by atoms with E-state index in [0.29, 0.717) is 11.8 Å². The molecule has 0 N–H and O–H groups in total. The molecule has 0 heteroatoms. The quantitative estimate of drug-likeness (QED) is 0.407. The Morgan fingerprint density at radius 1 is 0.643 bits per heavy atom. The Kier molecular flexibility index (Phi) is 9.01. The standard InChI is InChI=1S/C18H22.C10H14/c1-4-7-18(16-10-5-8-14(2)12-16)17-11-6-9-15(3)13-17;1-3-9(2)10-7-5-4-6-8-10/h5-6,8-13,18H,4,7H2,1-3H3;4-9H,3H2,1-2H3. The van der Waals surface area contributed by atoms with Gasteiger partial charge in [-0.2, -0.15) is 0 Å². The van der Waals surface area contributed by atoms with Crippen molar-refractivity contribution in [3.8, 4) is 0 Å². The van der Waals surface area contributed by atoms with Crippen molar-refractivity contribution in [2.45, 2.75) is 65.7 Å². The highest BCUT2D eigenvalue weighted by Crippen LogP contribution is 2.30. The van der Waals surface area contributed by atoms with E-state index in [1.165, 1.54) is 47.1 Å². The molecule has 0 aliphatic carbocycles. The van der Waals surface area contributed by atoms with Crippen molar-refractivity contribution in [2.75, 3.05) is 0 Å². The first-order valence-corrected chi connectivity index (χ1v) is 10.7. The molecule has 3 aromatic carbocycles. The predicted octanol–water partition coefficient (Wildman–Crippen LogP) is 8.44. The lowest BCUT2D eigenvalue weighted by Gasteiger charge is -2.18. The largest absolute Gasteiger partial charge is 0.0653 e. The molecule has 148 valence electrons. The summed E-state index contributed by atoms with van der Waals surface area (Å²) in [5.41, 5.74) is 7.04. The van der Waals surface area contributed by atoms with Crippen molar-refractivity contribution in [3.63, 3.8) is 0 Å². The Hall–Kier alpha value is -2.34. The lowest BCUT2D eigenvalue weighted by atomic mass is 9.86. The third-order valence-electron chi connectivity index (χ3n) is 5.45. The zero-order valence-electron chi connectivity index (χ0n) is 18.3. The molecule has 3 aromatic rings. The van der Waals surface area contributed by atoms with Crippen LogP contribution in [0.5, 0.6) is 0 Å². The van der Waals surface area contributed by atoms with Crippen molar-refractivity contribution in [3.05, 3.63) is 107 Å². The zero-order valence-corrected chi connectivity index (χ0v) is 18.3. The molecule has 0 heterocycles. The van der Waals surface area contributed by atoms with E-state index in [9.17, 15) is 0 Å². The normalized spacial score (nSPS) is 11.6. The summed E-state index contributed by atoms with van der Waals surface area (Å²) in [7, 11) is 0. The monoisotopic (exact) mass is 372 g/mol. The molecule has 0 aliphatic heterocycles. The molecule has 0 aromatic heterocycles. The number of rotatable bonds is 6. The fourth-order valence-electron chi connectivity index (χ4n) is 3.61. The minimum atomic E-state index is 0.537. The zero-order chi connectivity index (χ0) is 20.4. The number of hydrogen-bond acceptors (Lipinski definition) is 0. The van der Waals surface area contributed by atoms with Crippen LogP contribution >= 0.6 is 0 Å². The van der Waals surface area contributed by atoms with Gasteiger partial charge in [-0.25, -0.2) is 0 Å². The summed E-state index contributed by atoms with van der Waals surface area (Å²) in [6, 6.07) is 28.5. The average molecular weight is 373 g/mol. The van der Waals surface area contributed by atoms with Gasteiger partial charge in [-0.1, -0.05) is 117 Å². The van der Waals surface area contributed by atoms with Crippen LogP contribution in [0.15, 0.2) is 78.9 Å². The number of hydrogen-bond donors (Lipinski definition) is 0. The van der Waals surface area contributed by atoms with Crippen LogP contribution in [-0.2, 0) is 0 Å². The molecule has 0 saturated heterocycles. The van der Waals surface area contributed by atoms with Gasteiger partial charge in [-0.3, -0.25) is 0 Å².